The highest BCUT2D eigenvalue weighted by atomic mass is 35.5. The molecule has 0 unspecified atom stereocenters. The van der Waals surface area contributed by atoms with Gasteiger partial charge < -0.3 is 4.90 Å². The average Bonchev–Trinajstić information content (AvgIpc) is 3.19. The lowest BCUT2D eigenvalue weighted by Gasteiger charge is -2.19. The van der Waals surface area contributed by atoms with E-state index in [0.717, 1.165) is 10.6 Å². The summed E-state index contributed by atoms with van der Waals surface area (Å²) in [6, 6.07) is 7.60. The number of thiophene rings is 1. The van der Waals surface area contributed by atoms with Crippen LogP contribution < -0.4 is 4.90 Å². The van der Waals surface area contributed by atoms with Crippen LogP contribution in [-0.2, 0) is 11.2 Å². The molecule has 118 valence electrons. The van der Waals surface area contributed by atoms with Crippen molar-refractivity contribution in [2.24, 2.45) is 0 Å². The van der Waals surface area contributed by atoms with Crippen molar-refractivity contribution in [3.8, 4) is 5.69 Å². The van der Waals surface area contributed by atoms with Crippen LogP contribution in [0, 0.1) is 0 Å². The maximum absolute atomic E-state index is 12.6. The SMILES string of the molecule is CCN(C(=O)Cc1cccs1)c1cn(-c2cccnc2)nc1Cl. The van der Waals surface area contributed by atoms with Crippen molar-refractivity contribution in [2.45, 2.75) is 13.3 Å². The number of anilines is 1. The standard InChI is InChI=1S/C16H15ClN4OS/c1-2-20(15(22)9-13-6-4-8-23-13)14-11-21(19-16(14)17)12-5-3-7-18-10-12/h3-8,10-11H,2,9H2,1H3. The van der Waals surface area contributed by atoms with Gasteiger partial charge in [-0.1, -0.05) is 17.7 Å². The molecule has 0 saturated heterocycles. The molecule has 5 nitrogen and oxygen atoms in total. The minimum absolute atomic E-state index is 0.00240. The number of carbonyl (C=O) groups is 1. The first-order chi connectivity index (χ1) is 11.2. The molecule has 0 aliphatic carbocycles. The monoisotopic (exact) mass is 346 g/mol. The average molecular weight is 347 g/mol. The molecule has 7 heteroatoms. The summed E-state index contributed by atoms with van der Waals surface area (Å²) in [5.74, 6) is 0.00240. The summed E-state index contributed by atoms with van der Waals surface area (Å²) < 4.78 is 1.63. The van der Waals surface area contributed by atoms with Gasteiger partial charge in [0.15, 0.2) is 5.15 Å². The second-order valence-electron chi connectivity index (χ2n) is 4.86. The van der Waals surface area contributed by atoms with E-state index in [1.165, 1.54) is 0 Å². The fourth-order valence-electron chi connectivity index (χ4n) is 2.29. The molecule has 0 atom stereocenters. The zero-order chi connectivity index (χ0) is 16.2. The van der Waals surface area contributed by atoms with Crippen molar-refractivity contribution >= 4 is 34.5 Å². The van der Waals surface area contributed by atoms with Gasteiger partial charge in [-0.3, -0.25) is 9.78 Å². The van der Waals surface area contributed by atoms with Gasteiger partial charge in [-0.15, -0.1) is 11.3 Å². The Morgan fingerprint density at radius 1 is 1.39 bits per heavy atom. The lowest BCUT2D eigenvalue weighted by molar-refractivity contribution is -0.117. The topological polar surface area (TPSA) is 51.0 Å². The molecule has 0 aliphatic heterocycles. The molecule has 1 amide bonds. The second kappa shape index (κ2) is 6.93. The van der Waals surface area contributed by atoms with Gasteiger partial charge in [0.05, 0.1) is 24.5 Å². The second-order valence-corrected chi connectivity index (χ2v) is 6.25. The molecule has 23 heavy (non-hydrogen) atoms. The zero-order valence-electron chi connectivity index (χ0n) is 12.5. The van der Waals surface area contributed by atoms with E-state index >= 15 is 0 Å². The highest BCUT2D eigenvalue weighted by Gasteiger charge is 2.20. The Bertz CT molecular complexity index is 786. The number of nitrogens with zero attached hydrogens (tertiary/aromatic N) is 4. The van der Waals surface area contributed by atoms with Crippen molar-refractivity contribution in [1.29, 1.82) is 0 Å². The van der Waals surface area contributed by atoms with Crippen LogP contribution >= 0.6 is 22.9 Å². The van der Waals surface area contributed by atoms with Crippen molar-refractivity contribution in [2.75, 3.05) is 11.4 Å². The first-order valence-electron chi connectivity index (χ1n) is 7.17. The molecular formula is C16H15ClN4OS. The Morgan fingerprint density at radius 2 is 2.26 bits per heavy atom. The number of likely N-dealkylation sites (N-methyl/N-ethyl adjacent to an activating group) is 1. The quantitative estimate of drug-likeness (QED) is 0.709. The third kappa shape index (κ3) is 3.43. The van der Waals surface area contributed by atoms with Gasteiger partial charge in [-0.25, -0.2) is 4.68 Å². The molecule has 3 aromatic heterocycles. The van der Waals surface area contributed by atoms with Gasteiger partial charge in [0.2, 0.25) is 5.91 Å². The Kier molecular flexibility index (Phi) is 4.73. The Labute approximate surface area is 143 Å². The number of amides is 1. The predicted octanol–water partition coefficient (Wildman–Crippen LogP) is 3.58. The fraction of sp³-hybridized carbons (Fsp3) is 0.188. The Hall–Kier alpha value is -2.18. The summed E-state index contributed by atoms with van der Waals surface area (Å²) in [7, 11) is 0. The minimum Gasteiger partial charge on any atom is -0.308 e. The Balaban J connectivity index is 1.86. The largest absolute Gasteiger partial charge is 0.308 e. The lowest BCUT2D eigenvalue weighted by atomic mass is 10.3. The van der Waals surface area contributed by atoms with Crippen LogP contribution in [0.4, 0.5) is 5.69 Å². The van der Waals surface area contributed by atoms with Gasteiger partial charge in [-0.05, 0) is 30.5 Å². The first kappa shape index (κ1) is 15.7. The van der Waals surface area contributed by atoms with E-state index in [9.17, 15) is 4.79 Å². The van der Waals surface area contributed by atoms with Crippen molar-refractivity contribution in [3.63, 3.8) is 0 Å². The van der Waals surface area contributed by atoms with E-state index in [-0.39, 0.29) is 5.91 Å². The minimum atomic E-state index is 0.00240. The first-order valence-corrected chi connectivity index (χ1v) is 8.43. The summed E-state index contributed by atoms with van der Waals surface area (Å²) >= 11 is 7.82. The normalized spacial score (nSPS) is 10.7. The number of hydrogen-bond donors (Lipinski definition) is 0. The molecule has 0 fully saturated rings. The molecule has 0 N–H and O–H groups in total. The predicted molar refractivity (Wildman–Crippen MR) is 92.4 cm³/mol. The summed E-state index contributed by atoms with van der Waals surface area (Å²) in [6.07, 6.45) is 5.50. The third-order valence-corrected chi connectivity index (χ3v) is 4.52. The number of carbonyl (C=O) groups excluding carboxylic acids is 1. The summed E-state index contributed by atoms with van der Waals surface area (Å²) in [4.78, 5) is 19.3. The van der Waals surface area contributed by atoms with E-state index in [4.69, 9.17) is 11.6 Å². The molecule has 0 bridgehead atoms. The van der Waals surface area contributed by atoms with Crippen LogP contribution in [0.25, 0.3) is 5.69 Å². The summed E-state index contributed by atoms with van der Waals surface area (Å²) in [5, 5.41) is 6.55. The van der Waals surface area contributed by atoms with Crippen LogP contribution in [0.5, 0.6) is 0 Å². The van der Waals surface area contributed by atoms with Gasteiger partial charge in [-0.2, -0.15) is 5.10 Å². The Morgan fingerprint density at radius 3 is 2.91 bits per heavy atom. The molecule has 0 aliphatic rings. The molecule has 3 heterocycles. The van der Waals surface area contributed by atoms with Gasteiger partial charge in [0, 0.05) is 17.6 Å². The highest BCUT2D eigenvalue weighted by Crippen LogP contribution is 2.26. The smallest absolute Gasteiger partial charge is 0.232 e. The number of hydrogen-bond acceptors (Lipinski definition) is 4. The molecule has 0 radical (unpaired) electrons. The lowest BCUT2D eigenvalue weighted by Crippen LogP contribution is -2.31. The van der Waals surface area contributed by atoms with Crippen molar-refractivity contribution in [1.82, 2.24) is 14.8 Å². The van der Waals surface area contributed by atoms with Crippen LogP contribution in [-0.4, -0.2) is 27.2 Å². The van der Waals surface area contributed by atoms with Crippen LogP contribution in [0.1, 0.15) is 11.8 Å². The van der Waals surface area contributed by atoms with Crippen molar-refractivity contribution < 1.29 is 4.79 Å². The van der Waals surface area contributed by atoms with Crippen LogP contribution in [0.15, 0.2) is 48.2 Å². The zero-order valence-corrected chi connectivity index (χ0v) is 14.1. The van der Waals surface area contributed by atoms with Crippen LogP contribution in [0.3, 0.4) is 0 Å². The molecule has 3 rings (SSSR count). The summed E-state index contributed by atoms with van der Waals surface area (Å²) in [6.45, 7) is 2.45. The van der Waals surface area contributed by atoms with E-state index in [0.29, 0.717) is 23.8 Å². The van der Waals surface area contributed by atoms with E-state index in [2.05, 4.69) is 10.1 Å². The van der Waals surface area contributed by atoms with E-state index in [1.807, 2.05) is 36.6 Å². The fourth-order valence-corrected chi connectivity index (χ4v) is 3.21. The van der Waals surface area contributed by atoms with Crippen molar-refractivity contribution in [3.05, 3.63) is 58.3 Å². The van der Waals surface area contributed by atoms with Gasteiger partial charge in [0.1, 0.15) is 5.69 Å². The number of pyridine rings is 1. The third-order valence-electron chi connectivity index (χ3n) is 3.38. The number of rotatable bonds is 5. The van der Waals surface area contributed by atoms with Gasteiger partial charge >= 0.3 is 0 Å². The molecule has 0 saturated carbocycles. The maximum Gasteiger partial charge on any atom is 0.232 e. The maximum atomic E-state index is 12.6. The van der Waals surface area contributed by atoms with Crippen LogP contribution in [0.2, 0.25) is 5.15 Å². The van der Waals surface area contributed by atoms with E-state index < -0.39 is 0 Å². The number of aromatic nitrogens is 3. The molecule has 3 aromatic rings. The highest BCUT2D eigenvalue weighted by molar-refractivity contribution is 7.10. The number of halogens is 1. The molecule has 0 aromatic carbocycles. The summed E-state index contributed by atoms with van der Waals surface area (Å²) in [5.41, 5.74) is 1.40. The van der Waals surface area contributed by atoms with E-state index in [1.54, 1.807) is 39.5 Å². The van der Waals surface area contributed by atoms with Gasteiger partial charge in [0.25, 0.3) is 0 Å². The molecule has 0 spiro atoms. The molecular weight excluding hydrogens is 332 g/mol.